The van der Waals surface area contributed by atoms with Gasteiger partial charge in [0.05, 0.1) is 16.8 Å². The summed E-state index contributed by atoms with van der Waals surface area (Å²) in [5, 5.41) is 11.1. The van der Waals surface area contributed by atoms with Crippen molar-refractivity contribution in [3.8, 4) is 0 Å². The summed E-state index contributed by atoms with van der Waals surface area (Å²) < 4.78 is 4.47. The fourth-order valence-electron chi connectivity index (χ4n) is 4.68. The highest BCUT2D eigenvalue weighted by atomic mass is 32.1. The van der Waals surface area contributed by atoms with E-state index in [1.807, 2.05) is 11.4 Å². The summed E-state index contributed by atoms with van der Waals surface area (Å²) in [5.41, 5.74) is 1.30. The zero-order valence-electron chi connectivity index (χ0n) is 13.7. The molecule has 0 bridgehead atoms. The van der Waals surface area contributed by atoms with Gasteiger partial charge in [-0.25, -0.2) is 4.79 Å². The summed E-state index contributed by atoms with van der Waals surface area (Å²) in [6.45, 7) is 1.09. The van der Waals surface area contributed by atoms with Crippen LogP contribution in [0.4, 0.5) is 4.79 Å². The SMILES string of the molecule is O=C(O)N1C[C@@H]2[C@H](C1)C2(CN1C(=O)c2ccccc2C1=O)c1ccsn1. The number of carbonyl (C=O) groups excluding carboxylic acids is 2. The Kier molecular flexibility index (Phi) is 3.06. The normalized spacial score (nSPS) is 29.1. The van der Waals surface area contributed by atoms with E-state index >= 15 is 0 Å². The lowest BCUT2D eigenvalue weighted by atomic mass is 9.94. The summed E-state index contributed by atoms with van der Waals surface area (Å²) in [5.74, 6) is -0.379. The number of benzene rings is 1. The zero-order chi connectivity index (χ0) is 18.1. The maximum atomic E-state index is 12.8. The predicted molar refractivity (Wildman–Crippen MR) is 92.2 cm³/mol. The standard InChI is InChI=1S/C18H15N3O4S/c22-15-10-3-1-2-4-11(10)16(23)21(15)9-18(14-5-6-26-19-14)12-7-20(17(24)25)8-13(12)18/h1-6,12-13H,7-9H2,(H,24,25)/t12-,13+,18?. The number of amides is 3. The van der Waals surface area contributed by atoms with Crippen molar-refractivity contribution in [1.82, 2.24) is 14.2 Å². The average molecular weight is 369 g/mol. The highest BCUT2D eigenvalue weighted by molar-refractivity contribution is 7.03. The van der Waals surface area contributed by atoms with E-state index in [0.717, 1.165) is 5.69 Å². The molecule has 3 amide bonds. The van der Waals surface area contributed by atoms with Crippen LogP contribution in [0.5, 0.6) is 0 Å². The lowest BCUT2D eigenvalue weighted by Crippen LogP contribution is -2.43. The number of piperidine rings is 1. The molecule has 1 unspecified atom stereocenters. The largest absolute Gasteiger partial charge is 0.465 e. The van der Waals surface area contributed by atoms with Crippen molar-refractivity contribution in [2.24, 2.45) is 11.8 Å². The van der Waals surface area contributed by atoms with Crippen molar-refractivity contribution < 1.29 is 19.5 Å². The molecule has 1 aliphatic carbocycles. The van der Waals surface area contributed by atoms with Gasteiger partial charge in [0.25, 0.3) is 11.8 Å². The van der Waals surface area contributed by atoms with Gasteiger partial charge in [0.1, 0.15) is 0 Å². The van der Waals surface area contributed by atoms with Gasteiger partial charge in [0, 0.05) is 30.4 Å². The van der Waals surface area contributed by atoms with E-state index in [1.54, 1.807) is 24.3 Å². The van der Waals surface area contributed by atoms with Crippen molar-refractivity contribution in [3.05, 3.63) is 52.5 Å². The summed E-state index contributed by atoms with van der Waals surface area (Å²) in [7, 11) is 0. The van der Waals surface area contributed by atoms with Crippen LogP contribution in [0.1, 0.15) is 26.4 Å². The minimum absolute atomic E-state index is 0.0880. The zero-order valence-corrected chi connectivity index (χ0v) is 14.5. The van der Waals surface area contributed by atoms with E-state index in [2.05, 4.69) is 4.37 Å². The second-order valence-corrected chi connectivity index (χ2v) is 7.73. The molecule has 2 fully saturated rings. The first-order valence-electron chi connectivity index (χ1n) is 8.38. The Bertz CT molecular complexity index is 895. The number of carbonyl (C=O) groups is 3. The van der Waals surface area contributed by atoms with Crippen LogP contribution >= 0.6 is 11.5 Å². The predicted octanol–water partition coefficient (Wildman–Crippen LogP) is 1.92. The molecule has 132 valence electrons. The third-order valence-corrected chi connectivity index (χ3v) is 6.58. The van der Waals surface area contributed by atoms with Crippen LogP contribution < -0.4 is 0 Å². The van der Waals surface area contributed by atoms with Gasteiger partial charge in [-0.3, -0.25) is 14.5 Å². The Hall–Kier alpha value is -2.74. The van der Waals surface area contributed by atoms with E-state index in [0.29, 0.717) is 24.2 Å². The van der Waals surface area contributed by atoms with Crippen molar-refractivity contribution in [3.63, 3.8) is 0 Å². The molecule has 1 saturated carbocycles. The summed E-state index contributed by atoms with van der Waals surface area (Å²) in [6, 6.07) is 8.77. The minimum atomic E-state index is -0.926. The number of hydrogen-bond donors (Lipinski definition) is 1. The fourth-order valence-corrected chi connectivity index (χ4v) is 5.28. The molecule has 1 N–H and O–H groups in total. The summed E-state index contributed by atoms with van der Waals surface area (Å²) in [6.07, 6.45) is -0.926. The van der Waals surface area contributed by atoms with E-state index in [9.17, 15) is 19.5 Å². The molecule has 3 atom stereocenters. The smallest absolute Gasteiger partial charge is 0.407 e. The van der Waals surface area contributed by atoms with Gasteiger partial charge in [-0.15, -0.1) is 0 Å². The number of imide groups is 1. The van der Waals surface area contributed by atoms with E-state index in [1.165, 1.54) is 21.3 Å². The highest BCUT2D eigenvalue weighted by Gasteiger charge is 2.71. The maximum absolute atomic E-state index is 12.8. The van der Waals surface area contributed by atoms with Gasteiger partial charge in [0.15, 0.2) is 0 Å². The van der Waals surface area contributed by atoms with Gasteiger partial charge in [-0.05, 0) is 41.6 Å². The van der Waals surface area contributed by atoms with Crippen LogP contribution in [-0.4, -0.2) is 56.8 Å². The molecule has 3 heterocycles. The quantitative estimate of drug-likeness (QED) is 0.835. The molecule has 3 aliphatic rings. The lowest BCUT2D eigenvalue weighted by Gasteiger charge is -2.27. The maximum Gasteiger partial charge on any atom is 0.407 e. The van der Waals surface area contributed by atoms with Gasteiger partial charge < -0.3 is 10.0 Å². The Morgan fingerprint density at radius 2 is 1.77 bits per heavy atom. The van der Waals surface area contributed by atoms with Gasteiger partial charge in [-0.1, -0.05) is 12.1 Å². The molecule has 0 radical (unpaired) electrons. The van der Waals surface area contributed by atoms with Crippen molar-refractivity contribution in [1.29, 1.82) is 0 Å². The molecule has 0 spiro atoms. The molecule has 5 rings (SSSR count). The van der Waals surface area contributed by atoms with Crippen LogP contribution in [0.2, 0.25) is 0 Å². The number of carboxylic acid groups (broad SMARTS) is 1. The molecule has 8 heteroatoms. The Morgan fingerprint density at radius 1 is 1.15 bits per heavy atom. The monoisotopic (exact) mass is 369 g/mol. The average Bonchev–Trinajstić information content (AvgIpc) is 3.15. The van der Waals surface area contributed by atoms with Crippen LogP contribution in [-0.2, 0) is 5.41 Å². The van der Waals surface area contributed by atoms with Gasteiger partial charge >= 0.3 is 6.09 Å². The van der Waals surface area contributed by atoms with Crippen molar-refractivity contribution >= 4 is 29.4 Å². The lowest BCUT2D eigenvalue weighted by molar-refractivity contribution is 0.0623. The Morgan fingerprint density at radius 3 is 2.27 bits per heavy atom. The molecule has 2 aliphatic heterocycles. The molecule has 7 nitrogen and oxygen atoms in total. The van der Waals surface area contributed by atoms with Crippen LogP contribution in [0.25, 0.3) is 0 Å². The van der Waals surface area contributed by atoms with Crippen LogP contribution in [0, 0.1) is 11.8 Å². The summed E-state index contributed by atoms with van der Waals surface area (Å²) >= 11 is 1.33. The van der Waals surface area contributed by atoms with Crippen LogP contribution in [0.3, 0.4) is 0 Å². The second-order valence-electron chi connectivity index (χ2n) is 7.07. The summed E-state index contributed by atoms with van der Waals surface area (Å²) in [4.78, 5) is 39.5. The highest BCUT2D eigenvalue weighted by Crippen LogP contribution is 2.63. The van der Waals surface area contributed by atoms with E-state index in [-0.39, 0.29) is 30.2 Å². The Balaban J connectivity index is 1.48. The second kappa shape index (κ2) is 5.14. The first kappa shape index (κ1) is 15.5. The van der Waals surface area contributed by atoms with Crippen molar-refractivity contribution in [2.75, 3.05) is 19.6 Å². The van der Waals surface area contributed by atoms with E-state index in [4.69, 9.17) is 0 Å². The molecular formula is C18H15N3O4S. The molecular weight excluding hydrogens is 354 g/mol. The number of aromatic nitrogens is 1. The minimum Gasteiger partial charge on any atom is -0.465 e. The topological polar surface area (TPSA) is 90.8 Å². The van der Waals surface area contributed by atoms with Gasteiger partial charge in [0.2, 0.25) is 0 Å². The molecule has 2 aromatic rings. The number of hydrogen-bond acceptors (Lipinski definition) is 5. The number of fused-ring (bicyclic) bond motifs is 2. The molecule has 1 aromatic carbocycles. The number of rotatable bonds is 3. The number of likely N-dealkylation sites (tertiary alicyclic amines) is 1. The molecule has 1 saturated heterocycles. The van der Waals surface area contributed by atoms with Crippen LogP contribution in [0.15, 0.2) is 35.7 Å². The van der Waals surface area contributed by atoms with E-state index < -0.39 is 11.5 Å². The number of nitrogens with zero attached hydrogens (tertiary/aromatic N) is 3. The third kappa shape index (κ3) is 1.87. The molecule has 26 heavy (non-hydrogen) atoms. The van der Waals surface area contributed by atoms with Gasteiger partial charge in [-0.2, -0.15) is 4.37 Å². The fraction of sp³-hybridized carbons (Fsp3) is 0.333. The Labute approximate surface area is 153 Å². The van der Waals surface area contributed by atoms with Crippen molar-refractivity contribution in [2.45, 2.75) is 5.41 Å². The molecule has 1 aromatic heterocycles. The first-order valence-corrected chi connectivity index (χ1v) is 9.21. The third-order valence-electron chi connectivity index (χ3n) is 6.02. The first-order chi connectivity index (χ1) is 12.5.